The Kier molecular flexibility index (Phi) is 6.23. The highest BCUT2D eigenvalue weighted by molar-refractivity contribution is 5.73. The Morgan fingerprint density at radius 1 is 1.19 bits per heavy atom. The molecule has 3 N–H and O–H groups in total. The zero-order valence-corrected chi connectivity index (χ0v) is 16.6. The summed E-state index contributed by atoms with van der Waals surface area (Å²) in [4.78, 5) is 25.1. The third kappa shape index (κ3) is 5.59. The predicted octanol–water partition coefficient (Wildman–Crippen LogP) is 3.98. The fraction of sp³-hybridized carbons (Fsp3) is 0.200. The topological polar surface area (TPSA) is 108 Å². The van der Waals surface area contributed by atoms with Crippen molar-refractivity contribution in [2.45, 2.75) is 26.6 Å². The summed E-state index contributed by atoms with van der Waals surface area (Å²) < 4.78 is 33.8. The standard InChI is InChI=1S/C18H18N6.C2HF3O2/c1-12-5-15(11-24-10-13(2)23-18(12)24)14-6-16(8-19-7-14)22-9-17-20-3-4-21-17;3-2(4,5)1(6)7/h3-8,10-11,22H,9H2,1-2H3,(H,20,21);(H,6,7). The Bertz CT molecular complexity index is 1190. The number of fused-ring (bicyclic) bond motifs is 1. The van der Waals surface area contributed by atoms with E-state index in [4.69, 9.17) is 9.90 Å². The molecule has 0 atom stereocenters. The molecule has 0 radical (unpaired) electrons. The van der Waals surface area contributed by atoms with Crippen molar-refractivity contribution in [2.24, 2.45) is 0 Å². The van der Waals surface area contributed by atoms with E-state index in [1.807, 2.05) is 31.7 Å². The molecule has 0 saturated carbocycles. The molecule has 31 heavy (non-hydrogen) atoms. The quantitative estimate of drug-likeness (QED) is 0.450. The van der Waals surface area contributed by atoms with Gasteiger partial charge in [-0.2, -0.15) is 13.2 Å². The number of aromatic nitrogens is 5. The predicted molar refractivity (Wildman–Crippen MR) is 108 cm³/mol. The van der Waals surface area contributed by atoms with E-state index in [-0.39, 0.29) is 0 Å². The largest absolute Gasteiger partial charge is 0.490 e. The number of hydrogen-bond donors (Lipinski definition) is 3. The third-order valence-corrected chi connectivity index (χ3v) is 4.18. The van der Waals surface area contributed by atoms with Gasteiger partial charge in [-0.1, -0.05) is 0 Å². The molecule has 0 aliphatic carbocycles. The lowest BCUT2D eigenvalue weighted by Gasteiger charge is -2.08. The number of halogens is 3. The first-order chi connectivity index (χ1) is 14.6. The second-order valence-corrected chi connectivity index (χ2v) is 6.68. The van der Waals surface area contributed by atoms with E-state index in [1.54, 1.807) is 6.20 Å². The number of nitrogens with zero attached hydrogens (tertiary/aromatic N) is 4. The summed E-state index contributed by atoms with van der Waals surface area (Å²) in [7, 11) is 0. The van der Waals surface area contributed by atoms with Gasteiger partial charge in [-0.05, 0) is 31.5 Å². The van der Waals surface area contributed by atoms with E-state index >= 15 is 0 Å². The average Bonchev–Trinajstić information content (AvgIpc) is 3.35. The second-order valence-electron chi connectivity index (χ2n) is 6.68. The summed E-state index contributed by atoms with van der Waals surface area (Å²) in [6, 6.07) is 4.25. The lowest BCUT2D eigenvalue weighted by Crippen LogP contribution is -2.21. The van der Waals surface area contributed by atoms with Gasteiger partial charge in [0.25, 0.3) is 0 Å². The third-order valence-electron chi connectivity index (χ3n) is 4.18. The van der Waals surface area contributed by atoms with Crippen LogP contribution in [0.3, 0.4) is 0 Å². The number of carboxylic acid groups (broad SMARTS) is 1. The van der Waals surface area contributed by atoms with Crippen LogP contribution in [0.4, 0.5) is 18.9 Å². The molecular weight excluding hydrogens is 413 g/mol. The molecule has 0 aliphatic heterocycles. The summed E-state index contributed by atoms with van der Waals surface area (Å²) in [5.74, 6) is -1.86. The van der Waals surface area contributed by atoms with Gasteiger partial charge in [-0.3, -0.25) is 4.98 Å². The Morgan fingerprint density at radius 3 is 2.58 bits per heavy atom. The summed E-state index contributed by atoms with van der Waals surface area (Å²) in [6.07, 6.45) is 6.31. The number of anilines is 1. The number of rotatable bonds is 4. The van der Waals surface area contributed by atoms with E-state index in [9.17, 15) is 13.2 Å². The van der Waals surface area contributed by atoms with E-state index in [0.29, 0.717) is 6.54 Å². The molecule has 0 aromatic carbocycles. The number of H-pyrrole nitrogens is 1. The number of carboxylic acids is 1. The number of pyridine rings is 2. The maximum Gasteiger partial charge on any atom is 0.490 e. The monoisotopic (exact) mass is 432 g/mol. The van der Waals surface area contributed by atoms with Crippen LogP contribution in [0.25, 0.3) is 16.8 Å². The summed E-state index contributed by atoms with van der Waals surface area (Å²) in [6.45, 7) is 4.72. The van der Waals surface area contributed by atoms with Crippen molar-refractivity contribution in [1.82, 2.24) is 24.3 Å². The number of alkyl halides is 3. The van der Waals surface area contributed by atoms with Crippen LogP contribution in [-0.2, 0) is 11.3 Å². The van der Waals surface area contributed by atoms with E-state index in [1.165, 1.54) is 0 Å². The van der Waals surface area contributed by atoms with Crippen molar-refractivity contribution >= 4 is 17.3 Å². The van der Waals surface area contributed by atoms with Gasteiger partial charge in [0.1, 0.15) is 11.5 Å². The van der Waals surface area contributed by atoms with Crippen LogP contribution >= 0.6 is 0 Å². The highest BCUT2D eigenvalue weighted by Gasteiger charge is 2.38. The number of aryl methyl sites for hydroxylation is 2. The molecule has 0 aliphatic rings. The number of nitrogens with one attached hydrogen (secondary N) is 2. The van der Waals surface area contributed by atoms with Gasteiger partial charge in [0, 0.05) is 48.3 Å². The maximum atomic E-state index is 10.6. The summed E-state index contributed by atoms with van der Waals surface area (Å²) in [5.41, 5.74) is 6.30. The fourth-order valence-corrected chi connectivity index (χ4v) is 2.82. The molecular formula is C20H19F3N6O2. The van der Waals surface area contributed by atoms with E-state index < -0.39 is 12.1 Å². The fourth-order valence-electron chi connectivity index (χ4n) is 2.82. The molecule has 4 aromatic rings. The molecule has 4 aromatic heterocycles. The molecule has 0 fully saturated rings. The van der Waals surface area contributed by atoms with Crippen molar-refractivity contribution in [3.05, 3.63) is 66.4 Å². The highest BCUT2D eigenvalue weighted by atomic mass is 19.4. The molecule has 0 amide bonds. The first-order valence-electron chi connectivity index (χ1n) is 9.07. The van der Waals surface area contributed by atoms with Gasteiger partial charge < -0.3 is 19.8 Å². The van der Waals surface area contributed by atoms with Crippen molar-refractivity contribution in [3.63, 3.8) is 0 Å². The first-order valence-corrected chi connectivity index (χ1v) is 9.07. The molecule has 0 unspecified atom stereocenters. The lowest BCUT2D eigenvalue weighted by atomic mass is 10.1. The second kappa shape index (κ2) is 8.86. The Morgan fingerprint density at radius 2 is 1.94 bits per heavy atom. The molecule has 162 valence electrons. The summed E-state index contributed by atoms with van der Waals surface area (Å²) >= 11 is 0. The van der Waals surface area contributed by atoms with Gasteiger partial charge >= 0.3 is 12.1 Å². The minimum atomic E-state index is -5.08. The number of imidazole rings is 2. The van der Waals surface area contributed by atoms with Crippen LogP contribution in [0.1, 0.15) is 17.1 Å². The van der Waals surface area contributed by atoms with Crippen molar-refractivity contribution in [2.75, 3.05) is 5.32 Å². The van der Waals surface area contributed by atoms with Crippen LogP contribution in [0.2, 0.25) is 0 Å². The Balaban J connectivity index is 0.000000339. The van der Waals surface area contributed by atoms with Crippen LogP contribution in [-0.4, -0.2) is 41.6 Å². The van der Waals surface area contributed by atoms with Crippen LogP contribution in [0.15, 0.2) is 49.3 Å². The minimum absolute atomic E-state index is 0.636. The van der Waals surface area contributed by atoms with Gasteiger partial charge in [0.05, 0.1) is 17.9 Å². The van der Waals surface area contributed by atoms with Gasteiger partial charge in [-0.25, -0.2) is 14.8 Å². The van der Waals surface area contributed by atoms with Crippen molar-refractivity contribution in [3.8, 4) is 11.1 Å². The van der Waals surface area contributed by atoms with E-state index in [2.05, 4.69) is 54.9 Å². The van der Waals surface area contributed by atoms with Gasteiger partial charge in [-0.15, -0.1) is 0 Å². The summed E-state index contributed by atoms with van der Waals surface area (Å²) in [5, 5.41) is 10.5. The Labute approximate surface area is 174 Å². The van der Waals surface area contributed by atoms with E-state index in [0.717, 1.165) is 39.5 Å². The highest BCUT2D eigenvalue weighted by Crippen LogP contribution is 2.24. The minimum Gasteiger partial charge on any atom is -0.475 e. The SMILES string of the molecule is Cc1cn2cc(-c3cncc(NCc4ncc[nH]4)c3)cc(C)c2n1.O=C(O)C(F)(F)F. The van der Waals surface area contributed by atoms with Gasteiger partial charge in [0.15, 0.2) is 0 Å². The molecule has 0 saturated heterocycles. The molecule has 4 rings (SSSR count). The van der Waals surface area contributed by atoms with Crippen LogP contribution in [0, 0.1) is 13.8 Å². The number of aliphatic carboxylic acids is 1. The molecule has 0 spiro atoms. The van der Waals surface area contributed by atoms with Crippen molar-refractivity contribution < 1.29 is 23.1 Å². The van der Waals surface area contributed by atoms with Gasteiger partial charge in [0.2, 0.25) is 0 Å². The maximum absolute atomic E-state index is 10.6. The molecule has 0 bridgehead atoms. The first kappa shape index (κ1) is 21.8. The number of aromatic amines is 1. The normalized spacial score (nSPS) is 11.1. The molecule has 11 heteroatoms. The van der Waals surface area contributed by atoms with Crippen LogP contribution in [0.5, 0.6) is 0 Å². The number of hydrogen-bond acceptors (Lipinski definition) is 5. The zero-order valence-electron chi connectivity index (χ0n) is 16.6. The average molecular weight is 432 g/mol. The van der Waals surface area contributed by atoms with Crippen LogP contribution < -0.4 is 5.32 Å². The zero-order chi connectivity index (χ0) is 22.6. The Hall–Kier alpha value is -3.89. The lowest BCUT2D eigenvalue weighted by molar-refractivity contribution is -0.192. The molecule has 8 nitrogen and oxygen atoms in total. The smallest absolute Gasteiger partial charge is 0.475 e. The van der Waals surface area contributed by atoms with Crippen molar-refractivity contribution in [1.29, 1.82) is 0 Å². The number of carbonyl (C=O) groups is 1. The molecule has 4 heterocycles.